The molecule has 0 radical (unpaired) electrons. The van der Waals surface area contributed by atoms with Gasteiger partial charge >= 0.3 is 5.97 Å². The maximum atomic E-state index is 12.4. The fraction of sp³-hybridized carbons (Fsp3) is 0.111. The second kappa shape index (κ2) is 8.52. The number of aliphatic carboxylic acids is 1. The summed E-state index contributed by atoms with van der Waals surface area (Å²) in [4.78, 5) is 24.2. The first kappa shape index (κ1) is 20.0. The van der Waals surface area contributed by atoms with Gasteiger partial charge in [0.1, 0.15) is 6.54 Å². The Labute approximate surface area is 168 Å². The first-order chi connectivity index (χ1) is 13.8. The molecule has 11 heteroatoms. The van der Waals surface area contributed by atoms with Gasteiger partial charge in [-0.1, -0.05) is 24.3 Å². The summed E-state index contributed by atoms with van der Waals surface area (Å²) in [6.07, 6.45) is 0. The van der Waals surface area contributed by atoms with Gasteiger partial charge in [-0.2, -0.15) is 0 Å². The number of likely N-dealkylation sites (N-methyl/N-ethyl adjacent to an activating group) is 1. The van der Waals surface area contributed by atoms with Crippen molar-refractivity contribution < 1.29 is 24.0 Å². The van der Waals surface area contributed by atoms with E-state index in [2.05, 4.69) is 19.4 Å². The molecule has 1 amide bonds. The molecule has 10 nitrogen and oxygen atoms in total. The number of nitrogens with zero attached hydrogens (tertiary/aromatic N) is 3. The smallest absolute Gasteiger partial charge is 0.323 e. The molecule has 0 bridgehead atoms. The molecule has 0 fully saturated rings. The summed E-state index contributed by atoms with van der Waals surface area (Å²) in [7, 11) is 1.31. The van der Waals surface area contributed by atoms with E-state index in [0.717, 1.165) is 4.90 Å². The van der Waals surface area contributed by atoms with E-state index < -0.39 is 35.3 Å². The predicted octanol–water partition coefficient (Wildman–Crippen LogP) is 1.46. The van der Waals surface area contributed by atoms with Gasteiger partial charge in [0.15, 0.2) is 17.4 Å². The van der Waals surface area contributed by atoms with Crippen LogP contribution >= 0.6 is 0 Å². The fourth-order valence-electron chi connectivity index (χ4n) is 2.51. The van der Waals surface area contributed by atoms with E-state index in [0.29, 0.717) is 5.69 Å². The van der Waals surface area contributed by atoms with Crippen molar-refractivity contribution in [3.05, 3.63) is 54.1 Å². The number of hydrogen-bond donors (Lipinski definition) is 4. The van der Waals surface area contributed by atoms with Gasteiger partial charge in [0.05, 0.1) is 11.3 Å². The minimum absolute atomic E-state index is 0.0898. The average molecular weight is 415 g/mol. The zero-order chi connectivity index (χ0) is 21.0. The molecule has 1 atom stereocenters. The molecule has 0 saturated heterocycles. The number of anilines is 2. The maximum Gasteiger partial charge on any atom is 0.323 e. The zero-order valence-electron chi connectivity index (χ0n) is 15.2. The van der Waals surface area contributed by atoms with E-state index in [1.165, 1.54) is 25.2 Å². The molecule has 0 aromatic heterocycles. The summed E-state index contributed by atoms with van der Waals surface area (Å²) in [5.41, 5.74) is 0.732. The van der Waals surface area contributed by atoms with E-state index in [9.17, 15) is 18.9 Å². The predicted molar refractivity (Wildman–Crippen MR) is 109 cm³/mol. The molecule has 1 heterocycles. The van der Waals surface area contributed by atoms with Crippen molar-refractivity contribution in [3.8, 4) is 5.75 Å². The first-order valence-corrected chi connectivity index (χ1v) is 9.39. The largest absolute Gasteiger partial charge is 0.505 e. The lowest BCUT2D eigenvalue weighted by atomic mass is 10.1. The summed E-state index contributed by atoms with van der Waals surface area (Å²) >= 11 is -1.84. The minimum atomic E-state index is -1.84. The second-order valence-corrected chi connectivity index (χ2v) is 6.81. The van der Waals surface area contributed by atoms with Crippen LogP contribution in [-0.4, -0.2) is 56.5 Å². The van der Waals surface area contributed by atoms with Crippen LogP contribution in [-0.2, 0) is 16.0 Å². The monoisotopic (exact) mass is 415 g/mol. The number of phenols is 1. The highest BCUT2D eigenvalue weighted by Gasteiger charge is 2.23. The van der Waals surface area contributed by atoms with Gasteiger partial charge in [-0.3, -0.25) is 9.59 Å². The second-order valence-electron chi connectivity index (χ2n) is 5.98. The van der Waals surface area contributed by atoms with Crippen molar-refractivity contribution in [3.63, 3.8) is 0 Å². The van der Waals surface area contributed by atoms with Crippen molar-refractivity contribution >= 4 is 46.1 Å². The number of amides is 1. The number of aromatic hydroxyl groups is 1. The summed E-state index contributed by atoms with van der Waals surface area (Å²) in [5.74, 6) is -1.92. The zero-order valence-corrected chi connectivity index (χ0v) is 16.0. The van der Waals surface area contributed by atoms with Gasteiger partial charge in [-0.05, 0) is 24.3 Å². The Balaban J connectivity index is 1.82. The number of amidine groups is 2. The van der Waals surface area contributed by atoms with E-state index >= 15 is 0 Å². The number of carboxylic acids is 1. The molecular formula is C18H17N5O5S. The summed E-state index contributed by atoms with van der Waals surface area (Å²) in [6.45, 7) is -0.514. The molecular weight excluding hydrogens is 398 g/mol. The van der Waals surface area contributed by atoms with Crippen LogP contribution in [0.1, 0.15) is 10.4 Å². The maximum absolute atomic E-state index is 12.4. The van der Waals surface area contributed by atoms with Crippen LogP contribution in [0.15, 0.2) is 57.3 Å². The Morgan fingerprint density at radius 2 is 1.69 bits per heavy atom. The van der Waals surface area contributed by atoms with Crippen LogP contribution in [0.3, 0.4) is 0 Å². The van der Waals surface area contributed by atoms with Crippen molar-refractivity contribution in [2.24, 2.45) is 8.80 Å². The minimum Gasteiger partial charge on any atom is -0.505 e. The topological polar surface area (TPSA) is 144 Å². The molecule has 0 spiro atoms. The Kier molecular flexibility index (Phi) is 5.88. The Morgan fingerprint density at radius 3 is 2.34 bits per heavy atom. The van der Waals surface area contributed by atoms with Crippen LogP contribution in [0.4, 0.5) is 11.4 Å². The van der Waals surface area contributed by atoms with E-state index in [1.807, 2.05) is 18.2 Å². The Morgan fingerprint density at radius 1 is 1.03 bits per heavy atom. The summed E-state index contributed by atoms with van der Waals surface area (Å²) < 4.78 is 19.6. The number of carbonyl (C=O) groups excluding carboxylic acids is 1. The average Bonchev–Trinajstić information content (AvgIpc) is 3.02. The van der Waals surface area contributed by atoms with Gasteiger partial charge in [-0.25, -0.2) is 4.21 Å². The highest BCUT2D eigenvalue weighted by atomic mass is 32.2. The number of carboxylic acid groups (broad SMARTS) is 1. The molecule has 29 heavy (non-hydrogen) atoms. The van der Waals surface area contributed by atoms with Crippen LogP contribution in [0.5, 0.6) is 5.75 Å². The molecule has 1 aliphatic heterocycles. The van der Waals surface area contributed by atoms with E-state index in [4.69, 9.17) is 5.11 Å². The van der Waals surface area contributed by atoms with Gasteiger partial charge in [-0.15, -0.1) is 8.80 Å². The number of nitrogens with one attached hydrogen (secondary N) is 2. The molecule has 150 valence electrons. The number of benzene rings is 2. The van der Waals surface area contributed by atoms with Gasteiger partial charge < -0.3 is 25.7 Å². The quantitative estimate of drug-likeness (QED) is 0.541. The van der Waals surface area contributed by atoms with Crippen LogP contribution in [0, 0.1) is 0 Å². The Bertz CT molecular complexity index is 1040. The highest BCUT2D eigenvalue weighted by Crippen LogP contribution is 2.29. The normalized spacial score (nSPS) is 15.3. The molecule has 4 N–H and O–H groups in total. The SMILES string of the molecule is CN(CC(=O)O)C(=O)c1cccc(NC2=NS(=O)N=C2Nc2ccccc2)c1O. The summed E-state index contributed by atoms with van der Waals surface area (Å²) in [6, 6.07) is 13.4. The molecule has 1 unspecified atom stereocenters. The lowest BCUT2D eigenvalue weighted by Gasteiger charge is -2.17. The Hall–Kier alpha value is -3.73. The van der Waals surface area contributed by atoms with Crippen molar-refractivity contribution in [1.82, 2.24) is 4.90 Å². The first-order valence-electron chi connectivity index (χ1n) is 8.33. The van der Waals surface area contributed by atoms with E-state index in [-0.39, 0.29) is 22.9 Å². The molecule has 2 aromatic carbocycles. The third-order valence-electron chi connectivity index (χ3n) is 3.84. The number of phenolic OH excluding ortho intramolecular Hbond substituents is 1. The molecule has 1 aliphatic rings. The lowest BCUT2D eigenvalue weighted by Crippen LogP contribution is -2.32. The number of hydrogen-bond acceptors (Lipinski definition) is 6. The molecule has 0 aliphatic carbocycles. The van der Waals surface area contributed by atoms with E-state index in [1.54, 1.807) is 12.1 Å². The fourth-order valence-corrected chi connectivity index (χ4v) is 3.13. The third kappa shape index (κ3) is 4.76. The molecule has 0 saturated carbocycles. The molecule has 3 rings (SSSR count). The number of rotatable bonds is 5. The lowest BCUT2D eigenvalue weighted by molar-refractivity contribution is -0.137. The van der Waals surface area contributed by atoms with Gasteiger partial charge in [0, 0.05) is 12.7 Å². The van der Waals surface area contributed by atoms with Gasteiger partial charge in [0.2, 0.25) is 0 Å². The van der Waals surface area contributed by atoms with Crippen molar-refractivity contribution in [2.45, 2.75) is 0 Å². The number of para-hydroxylation sites is 2. The summed E-state index contributed by atoms with van der Waals surface area (Å²) in [5, 5.41) is 25.1. The van der Waals surface area contributed by atoms with Crippen LogP contribution in [0.2, 0.25) is 0 Å². The van der Waals surface area contributed by atoms with Crippen molar-refractivity contribution in [2.75, 3.05) is 24.2 Å². The van der Waals surface area contributed by atoms with Gasteiger partial charge in [0.25, 0.3) is 17.1 Å². The third-order valence-corrected chi connectivity index (χ3v) is 4.52. The van der Waals surface area contributed by atoms with Crippen LogP contribution < -0.4 is 10.6 Å². The van der Waals surface area contributed by atoms with Crippen LogP contribution in [0.25, 0.3) is 0 Å². The molecule has 2 aromatic rings. The highest BCUT2D eigenvalue weighted by molar-refractivity contribution is 7.83. The standard InChI is InChI=1S/C18H17N5O5S/c1-23(10-14(24)25)18(27)12-8-5-9-13(15(12)26)20-17-16(21-29(28)22-17)19-11-6-3-2-4-7-11/h2-9,26H,10H2,1H3,(H,19,21)(H,20,22)(H,24,25). The number of carbonyl (C=O) groups is 2. The van der Waals surface area contributed by atoms with Crippen molar-refractivity contribution in [1.29, 1.82) is 0 Å².